The van der Waals surface area contributed by atoms with Crippen LogP contribution in [0, 0.1) is 0 Å². The molecule has 0 bridgehead atoms. The predicted molar refractivity (Wildman–Crippen MR) is 67.4 cm³/mol. The number of aromatic nitrogens is 3. The van der Waals surface area contributed by atoms with E-state index in [1.54, 1.807) is 4.68 Å². The number of hydrogen-bond donors (Lipinski definition) is 1. The van der Waals surface area contributed by atoms with Gasteiger partial charge >= 0.3 is 0 Å². The Morgan fingerprint density at radius 1 is 1.24 bits per heavy atom. The minimum atomic E-state index is -0.294. The Hall–Kier alpha value is -1.68. The fourth-order valence-electron chi connectivity index (χ4n) is 2.01. The smallest absolute Gasteiger partial charge is 0.0845 e. The second-order valence-electron chi connectivity index (χ2n) is 4.88. The highest BCUT2D eigenvalue weighted by Gasteiger charge is 2.21. The molecule has 17 heavy (non-hydrogen) atoms. The molecule has 0 fully saturated rings. The molecule has 90 valence electrons. The van der Waals surface area contributed by atoms with Gasteiger partial charge in [-0.15, -0.1) is 5.10 Å². The van der Waals surface area contributed by atoms with Gasteiger partial charge in [0.1, 0.15) is 0 Å². The Kier molecular flexibility index (Phi) is 3.24. The minimum absolute atomic E-state index is 0.294. The van der Waals surface area contributed by atoms with E-state index in [4.69, 9.17) is 5.73 Å². The van der Waals surface area contributed by atoms with Gasteiger partial charge in [0.05, 0.1) is 5.69 Å². The van der Waals surface area contributed by atoms with Crippen LogP contribution in [-0.4, -0.2) is 20.5 Å². The van der Waals surface area contributed by atoms with E-state index in [1.165, 1.54) is 5.56 Å². The fourth-order valence-corrected chi connectivity index (χ4v) is 2.01. The Morgan fingerprint density at radius 2 is 1.94 bits per heavy atom. The van der Waals surface area contributed by atoms with Crippen LogP contribution < -0.4 is 5.73 Å². The molecule has 1 unspecified atom stereocenters. The molecule has 0 aliphatic carbocycles. The molecule has 1 aromatic carbocycles. The molecule has 2 N–H and O–H groups in total. The molecule has 2 aromatic rings. The molecule has 4 heteroatoms. The monoisotopic (exact) mass is 230 g/mol. The summed E-state index contributed by atoms with van der Waals surface area (Å²) in [5.74, 6) is 0. The van der Waals surface area contributed by atoms with Crippen LogP contribution in [0.1, 0.15) is 18.2 Å². The summed E-state index contributed by atoms with van der Waals surface area (Å²) < 4.78 is 1.70. The van der Waals surface area contributed by atoms with Crippen molar-refractivity contribution >= 4 is 0 Å². The molecule has 1 aromatic heterocycles. The zero-order valence-electron chi connectivity index (χ0n) is 10.3. The first-order valence-electron chi connectivity index (χ1n) is 5.73. The van der Waals surface area contributed by atoms with Gasteiger partial charge < -0.3 is 5.73 Å². The van der Waals surface area contributed by atoms with Crippen LogP contribution in [0.3, 0.4) is 0 Å². The molecule has 0 saturated carbocycles. The van der Waals surface area contributed by atoms with Gasteiger partial charge in [0.25, 0.3) is 0 Å². The number of rotatable bonds is 4. The Bertz CT molecular complexity index is 473. The van der Waals surface area contributed by atoms with Gasteiger partial charge in [-0.2, -0.15) is 0 Å². The van der Waals surface area contributed by atoms with Crippen LogP contribution in [0.5, 0.6) is 0 Å². The molecule has 0 radical (unpaired) electrons. The lowest BCUT2D eigenvalue weighted by molar-refractivity contribution is 0.457. The van der Waals surface area contributed by atoms with E-state index in [9.17, 15) is 0 Å². The maximum absolute atomic E-state index is 6.31. The molecular formula is C13H18N4. The number of aryl methyl sites for hydroxylation is 1. The van der Waals surface area contributed by atoms with Crippen molar-refractivity contribution in [2.24, 2.45) is 12.8 Å². The van der Waals surface area contributed by atoms with Crippen LogP contribution in [-0.2, 0) is 19.9 Å². The van der Waals surface area contributed by atoms with Gasteiger partial charge in [0, 0.05) is 25.2 Å². The van der Waals surface area contributed by atoms with Crippen LogP contribution in [0.25, 0.3) is 0 Å². The highest BCUT2D eigenvalue weighted by atomic mass is 15.4. The van der Waals surface area contributed by atoms with Crippen molar-refractivity contribution in [3.05, 3.63) is 47.8 Å². The first-order valence-corrected chi connectivity index (χ1v) is 5.73. The molecule has 0 aliphatic rings. The largest absolute Gasteiger partial charge is 0.325 e. The molecule has 0 spiro atoms. The summed E-state index contributed by atoms with van der Waals surface area (Å²) in [6.45, 7) is 2.05. The SMILES string of the molecule is Cn1cc(CC(C)(N)Cc2ccccc2)nn1. The predicted octanol–water partition coefficient (Wildman–Crippen LogP) is 1.32. The average Bonchev–Trinajstić information content (AvgIpc) is 2.63. The summed E-state index contributed by atoms with van der Waals surface area (Å²) in [5, 5.41) is 7.99. The quantitative estimate of drug-likeness (QED) is 0.861. The number of hydrogen-bond acceptors (Lipinski definition) is 3. The van der Waals surface area contributed by atoms with E-state index < -0.39 is 0 Å². The molecule has 4 nitrogen and oxygen atoms in total. The highest BCUT2D eigenvalue weighted by Crippen LogP contribution is 2.14. The van der Waals surface area contributed by atoms with Crippen molar-refractivity contribution in [1.82, 2.24) is 15.0 Å². The maximum Gasteiger partial charge on any atom is 0.0845 e. The maximum atomic E-state index is 6.31. The van der Waals surface area contributed by atoms with Crippen LogP contribution in [0.2, 0.25) is 0 Å². The van der Waals surface area contributed by atoms with E-state index >= 15 is 0 Å². The lowest BCUT2D eigenvalue weighted by Gasteiger charge is -2.23. The molecule has 0 saturated heterocycles. The number of nitrogens with two attached hydrogens (primary N) is 1. The minimum Gasteiger partial charge on any atom is -0.325 e. The lowest BCUT2D eigenvalue weighted by atomic mass is 9.89. The van der Waals surface area contributed by atoms with Crippen molar-refractivity contribution in [2.75, 3.05) is 0 Å². The molecule has 0 aliphatic heterocycles. The summed E-state index contributed by atoms with van der Waals surface area (Å²) >= 11 is 0. The Labute approximate surface area is 101 Å². The standard InChI is InChI=1S/C13H18N4/c1-13(14,8-11-6-4-3-5-7-11)9-12-10-17(2)16-15-12/h3-7,10H,8-9,14H2,1-2H3. The van der Waals surface area contributed by atoms with Crippen molar-refractivity contribution in [3.8, 4) is 0 Å². The molecule has 2 rings (SSSR count). The molecule has 1 atom stereocenters. The Morgan fingerprint density at radius 3 is 2.53 bits per heavy atom. The summed E-state index contributed by atoms with van der Waals surface area (Å²) in [4.78, 5) is 0. The third-order valence-electron chi connectivity index (χ3n) is 2.69. The Balaban J connectivity index is 2.04. The van der Waals surface area contributed by atoms with Gasteiger partial charge in [-0.1, -0.05) is 35.5 Å². The van der Waals surface area contributed by atoms with Crippen LogP contribution in [0.4, 0.5) is 0 Å². The van der Waals surface area contributed by atoms with E-state index in [0.717, 1.165) is 18.5 Å². The summed E-state index contributed by atoms with van der Waals surface area (Å²) in [6, 6.07) is 10.3. The van der Waals surface area contributed by atoms with E-state index in [1.807, 2.05) is 31.4 Å². The van der Waals surface area contributed by atoms with Gasteiger partial charge in [0.2, 0.25) is 0 Å². The average molecular weight is 230 g/mol. The lowest BCUT2D eigenvalue weighted by Crippen LogP contribution is -2.41. The normalized spacial score (nSPS) is 14.5. The van der Waals surface area contributed by atoms with E-state index in [2.05, 4.69) is 29.4 Å². The highest BCUT2D eigenvalue weighted by molar-refractivity contribution is 5.18. The van der Waals surface area contributed by atoms with Crippen molar-refractivity contribution in [1.29, 1.82) is 0 Å². The fraction of sp³-hybridized carbons (Fsp3) is 0.385. The van der Waals surface area contributed by atoms with Crippen LogP contribution >= 0.6 is 0 Å². The third kappa shape index (κ3) is 3.39. The van der Waals surface area contributed by atoms with Crippen molar-refractivity contribution in [3.63, 3.8) is 0 Å². The zero-order chi connectivity index (χ0) is 12.3. The van der Waals surface area contributed by atoms with E-state index in [-0.39, 0.29) is 5.54 Å². The van der Waals surface area contributed by atoms with Gasteiger partial charge in [-0.25, -0.2) is 0 Å². The summed E-state index contributed by atoms with van der Waals surface area (Å²) in [6.07, 6.45) is 3.48. The van der Waals surface area contributed by atoms with Gasteiger partial charge in [-0.05, 0) is 18.9 Å². The topological polar surface area (TPSA) is 56.7 Å². The van der Waals surface area contributed by atoms with Gasteiger partial charge in [-0.3, -0.25) is 4.68 Å². The van der Waals surface area contributed by atoms with E-state index in [0.29, 0.717) is 0 Å². The van der Waals surface area contributed by atoms with Crippen molar-refractivity contribution in [2.45, 2.75) is 25.3 Å². The molecule has 0 amide bonds. The second kappa shape index (κ2) is 4.67. The summed E-state index contributed by atoms with van der Waals surface area (Å²) in [7, 11) is 1.86. The number of nitrogens with zero attached hydrogens (tertiary/aromatic N) is 3. The second-order valence-corrected chi connectivity index (χ2v) is 4.88. The van der Waals surface area contributed by atoms with Crippen LogP contribution in [0.15, 0.2) is 36.5 Å². The third-order valence-corrected chi connectivity index (χ3v) is 2.69. The van der Waals surface area contributed by atoms with Gasteiger partial charge in [0.15, 0.2) is 0 Å². The van der Waals surface area contributed by atoms with Crippen molar-refractivity contribution < 1.29 is 0 Å². The molecule has 1 heterocycles. The first-order chi connectivity index (χ1) is 8.05. The first kappa shape index (κ1) is 11.8. The number of benzene rings is 1. The molecular weight excluding hydrogens is 212 g/mol. The zero-order valence-corrected chi connectivity index (χ0v) is 10.3. The summed E-state index contributed by atoms with van der Waals surface area (Å²) in [5.41, 5.74) is 8.21.